The van der Waals surface area contributed by atoms with E-state index in [1.54, 1.807) is 0 Å². The Morgan fingerprint density at radius 1 is 0.636 bits per heavy atom. The Hall–Kier alpha value is -1.30. The van der Waals surface area contributed by atoms with Crippen LogP contribution in [0.5, 0.6) is 11.5 Å². The molecular formula is C17H31N3O2. The van der Waals surface area contributed by atoms with Gasteiger partial charge in [-0.2, -0.15) is 0 Å². The summed E-state index contributed by atoms with van der Waals surface area (Å²) in [6, 6.07) is 6.12. The fraction of sp³-hybridized carbons (Fsp3) is 0.647. The highest BCUT2D eigenvalue weighted by atomic mass is 16.5. The summed E-state index contributed by atoms with van der Waals surface area (Å²) >= 11 is 0. The number of hydrogen-bond acceptors (Lipinski definition) is 5. The minimum Gasteiger partial charge on any atom is -0.493 e. The Bertz CT molecular complexity index is 371. The van der Waals surface area contributed by atoms with Crippen LogP contribution in [0.2, 0.25) is 0 Å². The number of ether oxygens (including phenoxy) is 2. The molecule has 1 aromatic carbocycles. The van der Waals surface area contributed by atoms with Crippen molar-refractivity contribution >= 4 is 0 Å². The van der Waals surface area contributed by atoms with Gasteiger partial charge < -0.3 is 26.7 Å². The first-order chi connectivity index (χ1) is 10.8. The average Bonchev–Trinajstić information content (AvgIpc) is 2.52. The fourth-order valence-electron chi connectivity index (χ4n) is 2.14. The lowest BCUT2D eigenvalue weighted by atomic mass is 10.1. The Morgan fingerprint density at radius 2 is 1.18 bits per heavy atom. The lowest BCUT2D eigenvalue weighted by Gasteiger charge is -2.12. The van der Waals surface area contributed by atoms with Gasteiger partial charge in [-0.15, -0.1) is 0 Å². The van der Waals surface area contributed by atoms with Crippen LogP contribution in [0.4, 0.5) is 0 Å². The van der Waals surface area contributed by atoms with Crippen molar-refractivity contribution in [3.63, 3.8) is 0 Å². The molecule has 5 heteroatoms. The monoisotopic (exact) mass is 309 g/mol. The molecule has 0 saturated carbocycles. The van der Waals surface area contributed by atoms with E-state index in [1.807, 2.05) is 6.07 Å². The quantitative estimate of drug-likeness (QED) is 0.483. The summed E-state index contributed by atoms with van der Waals surface area (Å²) in [5, 5.41) is 0. The average molecular weight is 309 g/mol. The molecule has 0 atom stereocenters. The predicted octanol–water partition coefficient (Wildman–Crippen LogP) is 1.81. The van der Waals surface area contributed by atoms with Crippen molar-refractivity contribution in [3.05, 3.63) is 23.8 Å². The second kappa shape index (κ2) is 12.3. The van der Waals surface area contributed by atoms with Crippen LogP contribution >= 0.6 is 0 Å². The van der Waals surface area contributed by atoms with Gasteiger partial charge in [-0.3, -0.25) is 0 Å². The van der Waals surface area contributed by atoms with Crippen LogP contribution in [0.3, 0.4) is 0 Å². The maximum atomic E-state index is 5.76. The van der Waals surface area contributed by atoms with Gasteiger partial charge in [-0.05, 0) is 69.4 Å². The van der Waals surface area contributed by atoms with Crippen LogP contribution in [0.25, 0.3) is 0 Å². The number of nitrogens with two attached hydrogens (primary N) is 3. The Kier molecular flexibility index (Phi) is 10.5. The first kappa shape index (κ1) is 18.7. The molecule has 0 bridgehead atoms. The Balaban J connectivity index is 2.62. The smallest absolute Gasteiger partial charge is 0.123 e. The number of hydrogen-bond donors (Lipinski definition) is 3. The number of aryl methyl sites for hydroxylation is 1. The molecule has 0 aliphatic carbocycles. The molecule has 0 heterocycles. The molecular weight excluding hydrogens is 278 g/mol. The Labute approximate surface area is 134 Å². The fourth-order valence-corrected chi connectivity index (χ4v) is 2.14. The summed E-state index contributed by atoms with van der Waals surface area (Å²) < 4.78 is 11.5. The van der Waals surface area contributed by atoms with E-state index in [0.717, 1.165) is 56.6 Å². The molecule has 0 spiro atoms. The van der Waals surface area contributed by atoms with Gasteiger partial charge in [0, 0.05) is 6.07 Å². The van der Waals surface area contributed by atoms with E-state index in [-0.39, 0.29) is 0 Å². The highest BCUT2D eigenvalue weighted by Crippen LogP contribution is 2.24. The zero-order valence-electron chi connectivity index (χ0n) is 13.6. The van der Waals surface area contributed by atoms with Crippen LogP contribution in [-0.2, 0) is 6.42 Å². The second-order valence-electron chi connectivity index (χ2n) is 5.39. The van der Waals surface area contributed by atoms with Crippen LogP contribution in [0, 0.1) is 0 Å². The third-order valence-corrected chi connectivity index (χ3v) is 3.34. The van der Waals surface area contributed by atoms with Gasteiger partial charge in [0.05, 0.1) is 13.2 Å². The highest BCUT2D eigenvalue weighted by Gasteiger charge is 2.04. The van der Waals surface area contributed by atoms with Gasteiger partial charge in [0.1, 0.15) is 11.5 Å². The van der Waals surface area contributed by atoms with Crippen molar-refractivity contribution in [1.29, 1.82) is 0 Å². The van der Waals surface area contributed by atoms with E-state index in [4.69, 9.17) is 26.7 Å². The van der Waals surface area contributed by atoms with Crippen LogP contribution in [0.1, 0.15) is 37.7 Å². The van der Waals surface area contributed by atoms with Crippen molar-refractivity contribution in [2.45, 2.75) is 38.5 Å². The third kappa shape index (κ3) is 8.22. The van der Waals surface area contributed by atoms with Gasteiger partial charge in [-0.25, -0.2) is 0 Å². The lowest BCUT2D eigenvalue weighted by molar-refractivity contribution is 0.297. The molecule has 0 amide bonds. The number of benzene rings is 1. The van der Waals surface area contributed by atoms with Crippen molar-refractivity contribution < 1.29 is 9.47 Å². The number of unbranched alkanes of at least 4 members (excludes halogenated alkanes) is 2. The normalized spacial score (nSPS) is 10.7. The zero-order valence-corrected chi connectivity index (χ0v) is 13.6. The molecule has 1 rings (SSSR count). The maximum absolute atomic E-state index is 5.76. The molecule has 0 aromatic heterocycles. The molecule has 1 aromatic rings. The van der Waals surface area contributed by atoms with E-state index < -0.39 is 0 Å². The van der Waals surface area contributed by atoms with Crippen molar-refractivity contribution in [3.8, 4) is 11.5 Å². The van der Waals surface area contributed by atoms with Crippen molar-refractivity contribution in [1.82, 2.24) is 0 Å². The van der Waals surface area contributed by atoms with E-state index in [2.05, 4.69) is 12.1 Å². The second-order valence-corrected chi connectivity index (χ2v) is 5.39. The Morgan fingerprint density at radius 3 is 1.68 bits per heavy atom. The first-order valence-corrected chi connectivity index (χ1v) is 8.30. The largest absolute Gasteiger partial charge is 0.493 e. The van der Waals surface area contributed by atoms with Gasteiger partial charge >= 0.3 is 0 Å². The first-order valence-electron chi connectivity index (χ1n) is 8.30. The predicted molar refractivity (Wildman–Crippen MR) is 91.4 cm³/mol. The minimum atomic E-state index is 0.634. The molecule has 126 valence electrons. The SMILES string of the molecule is NCCCCCc1cc(OCCCN)cc(OCCCN)c1. The van der Waals surface area contributed by atoms with Crippen molar-refractivity contribution in [2.75, 3.05) is 32.8 Å². The standard InChI is InChI=1S/C17H31N3O2/c18-7-3-1-2-6-15-12-16(21-10-4-8-19)14-17(13-15)22-11-5-9-20/h12-14H,1-11,18-20H2. The summed E-state index contributed by atoms with van der Waals surface area (Å²) in [4.78, 5) is 0. The summed E-state index contributed by atoms with van der Waals surface area (Å²) in [6.45, 7) is 3.30. The van der Waals surface area contributed by atoms with E-state index in [9.17, 15) is 0 Å². The van der Waals surface area contributed by atoms with Crippen LogP contribution in [-0.4, -0.2) is 32.8 Å². The van der Waals surface area contributed by atoms with Gasteiger partial charge in [0.15, 0.2) is 0 Å². The molecule has 0 aliphatic heterocycles. The molecule has 0 unspecified atom stereocenters. The minimum absolute atomic E-state index is 0.634. The molecule has 6 N–H and O–H groups in total. The molecule has 22 heavy (non-hydrogen) atoms. The van der Waals surface area contributed by atoms with Gasteiger partial charge in [0.25, 0.3) is 0 Å². The van der Waals surface area contributed by atoms with Gasteiger partial charge in [-0.1, -0.05) is 6.42 Å². The summed E-state index contributed by atoms with van der Waals surface area (Å²) in [7, 11) is 0. The van der Waals surface area contributed by atoms with E-state index >= 15 is 0 Å². The molecule has 0 fully saturated rings. The van der Waals surface area contributed by atoms with Crippen LogP contribution < -0.4 is 26.7 Å². The topological polar surface area (TPSA) is 96.5 Å². The van der Waals surface area contributed by atoms with Gasteiger partial charge in [0.2, 0.25) is 0 Å². The van der Waals surface area contributed by atoms with E-state index in [0.29, 0.717) is 26.3 Å². The lowest BCUT2D eigenvalue weighted by Crippen LogP contribution is -2.08. The molecule has 0 aliphatic rings. The summed E-state index contributed by atoms with van der Waals surface area (Å²) in [5.41, 5.74) is 17.8. The summed E-state index contributed by atoms with van der Waals surface area (Å²) in [5.74, 6) is 1.71. The van der Waals surface area contributed by atoms with Crippen LogP contribution in [0.15, 0.2) is 18.2 Å². The van der Waals surface area contributed by atoms with Crippen molar-refractivity contribution in [2.24, 2.45) is 17.2 Å². The third-order valence-electron chi connectivity index (χ3n) is 3.34. The molecule has 5 nitrogen and oxygen atoms in total. The number of rotatable bonds is 13. The summed E-state index contributed by atoms with van der Waals surface area (Å²) in [6.07, 6.45) is 6.08. The molecule has 0 saturated heterocycles. The maximum Gasteiger partial charge on any atom is 0.123 e. The highest BCUT2D eigenvalue weighted by molar-refractivity contribution is 5.38. The van der Waals surface area contributed by atoms with E-state index in [1.165, 1.54) is 5.56 Å². The zero-order chi connectivity index (χ0) is 16.0. The molecule has 0 radical (unpaired) electrons.